The van der Waals surface area contributed by atoms with Crippen LogP contribution >= 0.6 is 11.6 Å². The number of fused-ring (bicyclic) bond motifs is 1. The molecule has 1 fully saturated rings. The standard InChI is InChI=1S/C19H20ClN5O2/c20-14-6-2-5-13(9-14)17-16(18(21)26)15-11-24(7-8-25(15)23-17)19(27)22-10-12-3-1-4-12/h2,5-6,9-10,12H,1,3-4,7-8,11H2,(H2,21,26). The molecule has 2 heterocycles. The summed E-state index contributed by atoms with van der Waals surface area (Å²) in [6.45, 7) is 1.23. The molecule has 0 unspecified atom stereocenters. The van der Waals surface area contributed by atoms with Crippen LogP contribution in [0, 0.1) is 5.92 Å². The minimum absolute atomic E-state index is 0.257. The maximum atomic E-state index is 12.4. The number of carbonyl (C=O) groups is 2. The number of amides is 3. The maximum absolute atomic E-state index is 12.4. The van der Waals surface area contributed by atoms with E-state index in [9.17, 15) is 9.59 Å². The molecule has 0 bridgehead atoms. The predicted octanol–water partition coefficient (Wildman–Crippen LogP) is 3.11. The van der Waals surface area contributed by atoms with E-state index >= 15 is 0 Å². The number of benzene rings is 1. The molecule has 1 saturated carbocycles. The first-order valence-electron chi connectivity index (χ1n) is 9.01. The molecule has 0 saturated heterocycles. The molecule has 0 spiro atoms. The van der Waals surface area contributed by atoms with Gasteiger partial charge in [0.2, 0.25) is 0 Å². The maximum Gasteiger partial charge on any atom is 0.343 e. The van der Waals surface area contributed by atoms with Crippen molar-refractivity contribution >= 4 is 29.8 Å². The molecule has 2 aromatic rings. The Morgan fingerprint density at radius 3 is 2.78 bits per heavy atom. The van der Waals surface area contributed by atoms with Crippen molar-refractivity contribution < 1.29 is 9.59 Å². The average molecular weight is 386 g/mol. The van der Waals surface area contributed by atoms with Crippen molar-refractivity contribution in [3.63, 3.8) is 0 Å². The van der Waals surface area contributed by atoms with Crippen molar-refractivity contribution in [1.82, 2.24) is 14.7 Å². The van der Waals surface area contributed by atoms with Crippen LogP contribution in [-0.4, -0.2) is 39.4 Å². The lowest BCUT2D eigenvalue weighted by molar-refractivity contribution is 0.0997. The summed E-state index contributed by atoms with van der Waals surface area (Å²) in [6.07, 6.45) is 5.14. The van der Waals surface area contributed by atoms with Crippen LogP contribution in [0.15, 0.2) is 29.3 Å². The number of halogens is 1. The largest absolute Gasteiger partial charge is 0.365 e. The zero-order valence-corrected chi connectivity index (χ0v) is 15.5. The molecule has 2 N–H and O–H groups in total. The van der Waals surface area contributed by atoms with Crippen molar-refractivity contribution in [2.45, 2.75) is 32.4 Å². The SMILES string of the molecule is NC(=O)c1c(-c2cccc(Cl)c2)nn2c1CN(C(=O)N=CC1CCC1)CC2. The number of hydrogen-bond donors (Lipinski definition) is 1. The number of aliphatic imine (C=N–C) groups is 1. The Morgan fingerprint density at radius 2 is 2.11 bits per heavy atom. The van der Waals surface area contributed by atoms with Gasteiger partial charge in [0.05, 0.1) is 24.3 Å². The molecular formula is C19H20ClN5O2. The summed E-state index contributed by atoms with van der Waals surface area (Å²) in [5, 5.41) is 5.11. The molecule has 0 radical (unpaired) electrons. The number of nitrogens with two attached hydrogens (primary N) is 1. The summed E-state index contributed by atoms with van der Waals surface area (Å²) in [5.74, 6) is -0.154. The van der Waals surface area contributed by atoms with Crippen molar-refractivity contribution in [3.05, 3.63) is 40.5 Å². The minimum Gasteiger partial charge on any atom is -0.365 e. The Bertz CT molecular complexity index is 932. The highest BCUT2D eigenvalue weighted by molar-refractivity contribution is 6.30. The van der Waals surface area contributed by atoms with Crippen molar-refractivity contribution in [3.8, 4) is 11.3 Å². The lowest BCUT2D eigenvalue weighted by Gasteiger charge is -2.27. The first-order valence-corrected chi connectivity index (χ1v) is 9.39. The van der Waals surface area contributed by atoms with E-state index in [2.05, 4.69) is 10.1 Å². The van der Waals surface area contributed by atoms with Gasteiger partial charge in [-0.2, -0.15) is 5.10 Å². The smallest absolute Gasteiger partial charge is 0.343 e. The fourth-order valence-corrected chi connectivity index (χ4v) is 3.61. The van der Waals surface area contributed by atoms with Crippen LogP contribution in [-0.2, 0) is 13.1 Å². The highest BCUT2D eigenvalue weighted by atomic mass is 35.5. The van der Waals surface area contributed by atoms with E-state index in [0.29, 0.717) is 41.0 Å². The van der Waals surface area contributed by atoms with Crippen LogP contribution in [0.2, 0.25) is 5.02 Å². The number of rotatable bonds is 3. The second-order valence-corrected chi connectivity index (χ2v) is 7.38. The number of urea groups is 1. The van der Waals surface area contributed by atoms with Gasteiger partial charge >= 0.3 is 6.03 Å². The molecule has 4 rings (SSSR count). The zero-order chi connectivity index (χ0) is 19.0. The molecule has 1 aliphatic heterocycles. The normalized spacial score (nSPS) is 17.0. The number of carbonyl (C=O) groups excluding carboxylic acids is 2. The summed E-state index contributed by atoms with van der Waals surface area (Å²) in [5.41, 5.74) is 7.83. The van der Waals surface area contributed by atoms with Gasteiger partial charge in [-0.05, 0) is 30.9 Å². The van der Waals surface area contributed by atoms with Crippen molar-refractivity contribution in [2.24, 2.45) is 16.6 Å². The van der Waals surface area contributed by atoms with Gasteiger partial charge in [-0.25, -0.2) is 9.79 Å². The molecule has 27 heavy (non-hydrogen) atoms. The van der Waals surface area contributed by atoms with Gasteiger partial charge < -0.3 is 10.6 Å². The first-order chi connectivity index (χ1) is 13.0. The summed E-state index contributed by atoms with van der Waals surface area (Å²) in [4.78, 5) is 30.3. The minimum atomic E-state index is -0.571. The van der Waals surface area contributed by atoms with E-state index in [1.807, 2.05) is 6.07 Å². The lowest BCUT2D eigenvalue weighted by atomic mass is 9.87. The van der Waals surface area contributed by atoms with Crippen molar-refractivity contribution in [1.29, 1.82) is 0 Å². The van der Waals surface area contributed by atoms with Gasteiger partial charge in [0.15, 0.2) is 0 Å². The zero-order valence-electron chi connectivity index (χ0n) is 14.8. The van der Waals surface area contributed by atoms with Crippen LogP contribution in [0.3, 0.4) is 0 Å². The number of nitrogens with zero attached hydrogens (tertiary/aromatic N) is 4. The van der Waals surface area contributed by atoms with Crippen LogP contribution in [0.5, 0.6) is 0 Å². The fourth-order valence-electron chi connectivity index (χ4n) is 3.42. The molecule has 1 aromatic heterocycles. The molecule has 1 aromatic carbocycles. The van der Waals surface area contributed by atoms with Crippen LogP contribution in [0.4, 0.5) is 4.79 Å². The predicted molar refractivity (Wildman–Crippen MR) is 103 cm³/mol. The third-order valence-electron chi connectivity index (χ3n) is 5.14. The summed E-state index contributed by atoms with van der Waals surface area (Å²) >= 11 is 6.08. The lowest BCUT2D eigenvalue weighted by Crippen LogP contribution is -2.38. The molecule has 7 nitrogen and oxygen atoms in total. The van der Waals surface area contributed by atoms with E-state index in [0.717, 1.165) is 18.4 Å². The highest BCUT2D eigenvalue weighted by Crippen LogP contribution is 2.30. The summed E-state index contributed by atoms with van der Waals surface area (Å²) in [7, 11) is 0. The third-order valence-corrected chi connectivity index (χ3v) is 5.38. The van der Waals surface area contributed by atoms with E-state index in [-0.39, 0.29) is 12.6 Å². The highest BCUT2D eigenvalue weighted by Gasteiger charge is 2.29. The van der Waals surface area contributed by atoms with E-state index in [1.54, 1.807) is 34.0 Å². The Labute approximate surface area is 161 Å². The van der Waals surface area contributed by atoms with Gasteiger partial charge in [0, 0.05) is 23.3 Å². The van der Waals surface area contributed by atoms with Gasteiger partial charge in [-0.3, -0.25) is 9.48 Å². The molecule has 8 heteroatoms. The van der Waals surface area contributed by atoms with Crippen molar-refractivity contribution in [2.75, 3.05) is 6.54 Å². The number of aromatic nitrogens is 2. The van der Waals surface area contributed by atoms with E-state index < -0.39 is 5.91 Å². The van der Waals surface area contributed by atoms with Crippen LogP contribution < -0.4 is 5.73 Å². The molecule has 1 aliphatic carbocycles. The molecule has 140 valence electrons. The second-order valence-electron chi connectivity index (χ2n) is 6.94. The van der Waals surface area contributed by atoms with E-state index in [1.165, 1.54) is 6.42 Å². The van der Waals surface area contributed by atoms with Gasteiger partial charge in [0.1, 0.15) is 5.69 Å². The molecular weight excluding hydrogens is 366 g/mol. The summed E-state index contributed by atoms with van der Waals surface area (Å²) in [6, 6.07) is 6.85. The monoisotopic (exact) mass is 385 g/mol. The quantitative estimate of drug-likeness (QED) is 0.822. The Balaban J connectivity index is 1.63. The average Bonchev–Trinajstić information content (AvgIpc) is 2.99. The Kier molecular flexibility index (Phi) is 4.70. The van der Waals surface area contributed by atoms with Gasteiger partial charge in [-0.15, -0.1) is 0 Å². The molecule has 0 atom stereocenters. The number of hydrogen-bond acceptors (Lipinski definition) is 3. The molecule has 2 aliphatic rings. The Morgan fingerprint density at radius 1 is 1.30 bits per heavy atom. The van der Waals surface area contributed by atoms with Gasteiger partial charge in [-0.1, -0.05) is 30.2 Å². The van der Waals surface area contributed by atoms with Crippen LogP contribution in [0.1, 0.15) is 35.3 Å². The topological polar surface area (TPSA) is 93.6 Å². The van der Waals surface area contributed by atoms with Gasteiger partial charge in [0.25, 0.3) is 5.91 Å². The Hall–Kier alpha value is -2.67. The number of primary amides is 1. The molecule has 3 amide bonds. The van der Waals surface area contributed by atoms with Crippen LogP contribution in [0.25, 0.3) is 11.3 Å². The fraction of sp³-hybridized carbons (Fsp3) is 0.368. The second kappa shape index (κ2) is 7.15. The van der Waals surface area contributed by atoms with E-state index in [4.69, 9.17) is 17.3 Å². The first kappa shape index (κ1) is 17.7. The third kappa shape index (κ3) is 3.47. The summed E-state index contributed by atoms with van der Waals surface area (Å²) < 4.78 is 1.75.